The quantitative estimate of drug-likeness (QED) is 0.127. The molecule has 300 valence electrons. The van der Waals surface area contributed by atoms with Crippen LogP contribution in [0.3, 0.4) is 0 Å². The standard InChI is InChI=1S/2C22H21NO6/c2*1-23-19(24)16(13-9-5-4-6-10-13)18(20(23)25)17(22(27)29-3)14-11-7-8-12-15(14)21(26)28-2/h2*4-12,16-18H,1-3H3/t2*16-,17+,18+/m11/s1. The molecule has 4 amide bonds. The third-order valence-corrected chi connectivity index (χ3v) is 10.5. The lowest BCUT2D eigenvalue weighted by molar-refractivity contribution is -0.147. The highest BCUT2D eigenvalue weighted by molar-refractivity contribution is 6.11. The van der Waals surface area contributed by atoms with Crippen LogP contribution in [-0.4, -0.2) is 99.8 Å². The molecule has 0 radical (unpaired) electrons. The molecule has 2 aliphatic rings. The van der Waals surface area contributed by atoms with E-state index in [1.54, 1.807) is 97.1 Å². The molecule has 2 fully saturated rings. The van der Waals surface area contributed by atoms with Gasteiger partial charge in [0.05, 0.1) is 75.1 Å². The summed E-state index contributed by atoms with van der Waals surface area (Å²) in [6.07, 6.45) is 0. The van der Waals surface area contributed by atoms with E-state index in [-0.39, 0.29) is 22.3 Å². The first-order valence-corrected chi connectivity index (χ1v) is 18.1. The Kier molecular flexibility index (Phi) is 13.3. The zero-order valence-electron chi connectivity index (χ0n) is 32.6. The summed E-state index contributed by atoms with van der Waals surface area (Å²) in [6, 6.07) is 30.3. The van der Waals surface area contributed by atoms with Gasteiger partial charge in [0.15, 0.2) is 0 Å². The molecule has 6 rings (SSSR count). The second-order valence-corrected chi connectivity index (χ2v) is 13.5. The maximum atomic E-state index is 13.1. The molecule has 14 nitrogen and oxygen atoms in total. The van der Waals surface area contributed by atoms with E-state index < -0.39 is 83.0 Å². The molecule has 0 N–H and O–H groups in total. The van der Waals surface area contributed by atoms with Crippen molar-refractivity contribution in [3.8, 4) is 0 Å². The van der Waals surface area contributed by atoms with E-state index >= 15 is 0 Å². The molecule has 58 heavy (non-hydrogen) atoms. The number of likely N-dealkylation sites (N-methyl/N-ethyl adjacent to an activating group) is 2. The minimum absolute atomic E-state index is 0.145. The van der Waals surface area contributed by atoms with E-state index in [0.29, 0.717) is 11.1 Å². The predicted molar refractivity (Wildman–Crippen MR) is 206 cm³/mol. The van der Waals surface area contributed by atoms with Crippen LogP contribution in [0.15, 0.2) is 109 Å². The van der Waals surface area contributed by atoms with Crippen LogP contribution in [0.4, 0.5) is 0 Å². The van der Waals surface area contributed by atoms with Gasteiger partial charge in [-0.1, -0.05) is 97.1 Å². The van der Waals surface area contributed by atoms with Crippen LogP contribution < -0.4 is 0 Å². The summed E-state index contributed by atoms with van der Waals surface area (Å²) in [6.45, 7) is 0. The lowest BCUT2D eigenvalue weighted by Gasteiger charge is -2.25. The van der Waals surface area contributed by atoms with Crippen LogP contribution in [0, 0.1) is 11.8 Å². The molecule has 14 heteroatoms. The fourth-order valence-electron chi connectivity index (χ4n) is 7.68. The van der Waals surface area contributed by atoms with Gasteiger partial charge >= 0.3 is 23.9 Å². The number of imide groups is 2. The Morgan fingerprint density at radius 1 is 0.448 bits per heavy atom. The first-order valence-electron chi connectivity index (χ1n) is 18.1. The number of ether oxygens (including phenoxy) is 4. The maximum absolute atomic E-state index is 13.1. The molecular formula is C44H42N2O12. The van der Waals surface area contributed by atoms with Gasteiger partial charge in [0, 0.05) is 14.1 Å². The molecule has 2 saturated heterocycles. The van der Waals surface area contributed by atoms with E-state index in [2.05, 4.69) is 0 Å². The Labute approximate surface area is 334 Å². The highest BCUT2D eigenvalue weighted by Crippen LogP contribution is 2.46. The van der Waals surface area contributed by atoms with Crippen LogP contribution in [-0.2, 0) is 47.7 Å². The van der Waals surface area contributed by atoms with Crippen LogP contribution in [0.2, 0.25) is 0 Å². The van der Waals surface area contributed by atoms with Crippen molar-refractivity contribution >= 4 is 47.5 Å². The Hall–Kier alpha value is -6.96. The lowest BCUT2D eigenvalue weighted by atomic mass is 9.75. The number of hydrogen-bond acceptors (Lipinski definition) is 12. The largest absolute Gasteiger partial charge is 0.469 e. The van der Waals surface area contributed by atoms with Gasteiger partial charge < -0.3 is 18.9 Å². The molecule has 0 spiro atoms. The van der Waals surface area contributed by atoms with Crippen molar-refractivity contribution in [1.82, 2.24) is 9.80 Å². The van der Waals surface area contributed by atoms with Crippen molar-refractivity contribution in [2.24, 2.45) is 11.8 Å². The molecule has 0 aromatic heterocycles. The SMILES string of the molecule is COC(=O)c1ccccc1[C@H](C(=O)OC)[C@H]1C(=O)N(C)C(=O)[C@@H]1c1ccccc1.COC(=O)c1ccccc1[C@H](C(=O)OC)[C@H]1C(=O)N(C)C(=O)[C@@H]1c1ccccc1. The van der Waals surface area contributed by atoms with Crippen LogP contribution in [0.25, 0.3) is 0 Å². The summed E-state index contributed by atoms with van der Waals surface area (Å²) < 4.78 is 19.6. The van der Waals surface area contributed by atoms with Crippen LogP contribution in [0.1, 0.15) is 66.6 Å². The number of nitrogens with zero attached hydrogens (tertiary/aromatic N) is 2. The number of methoxy groups -OCH3 is 4. The minimum atomic E-state index is -1.15. The zero-order chi connectivity index (χ0) is 42.3. The predicted octanol–water partition coefficient (Wildman–Crippen LogP) is 4.26. The van der Waals surface area contributed by atoms with Crippen molar-refractivity contribution < 1.29 is 57.3 Å². The highest BCUT2D eigenvalue weighted by atomic mass is 16.5. The average Bonchev–Trinajstić information content (AvgIpc) is 3.62. The van der Waals surface area contributed by atoms with E-state index in [9.17, 15) is 38.4 Å². The van der Waals surface area contributed by atoms with Crippen LogP contribution >= 0.6 is 0 Å². The summed E-state index contributed by atoms with van der Waals surface area (Å²) in [5.41, 5.74) is 2.09. The molecule has 6 atom stereocenters. The molecule has 2 aliphatic heterocycles. The number of carbonyl (C=O) groups excluding carboxylic acids is 8. The number of esters is 4. The molecule has 2 heterocycles. The van der Waals surface area contributed by atoms with E-state index in [1.807, 2.05) is 0 Å². The van der Waals surface area contributed by atoms with Gasteiger partial charge in [0.2, 0.25) is 23.6 Å². The third kappa shape index (κ3) is 7.99. The molecule has 0 saturated carbocycles. The Morgan fingerprint density at radius 2 is 0.759 bits per heavy atom. The normalized spacial score (nSPS) is 19.8. The molecular weight excluding hydrogens is 748 g/mol. The average molecular weight is 791 g/mol. The monoisotopic (exact) mass is 790 g/mol. The van der Waals surface area contributed by atoms with Crippen LogP contribution in [0.5, 0.6) is 0 Å². The summed E-state index contributed by atoms with van der Waals surface area (Å²) >= 11 is 0. The number of carbonyl (C=O) groups is 8. The second kappa shape index (κ2) is 18.3. The Morgan fingerprint density at radius 3 is 1.07 bits per heavy atom. The van der Waals surface area contributed by atoms with Gasteiger partial charge in [-0.15, -0.1) is 0 Å². The second-order valence-electron chi connectivity index (χ2n) is 13.5. The summed E-state index contributed by atoms with van der Waals surface area (Å²) in [4.78, 5) is 104. The number of likely N-dealkylation sites (tertiary alicyclic amines) is 2. The first kappa shape index (κ1) is 42.2. The highest BCUT2D eigenvalue weighted by Gasteiger charge is 2.55. The third-order valence-electron chi connectivity index (χ3n) is 10.5. The van der Waals surface area contributed by atoms with Crippen molar-refractivity contribution in [2.75, 3.05) is 42.5 Å². The zero-order valence-corrected chi connectivity index (χ0v) is 32.6. The van der Waals surface area contributed by atoms with Crippen molar-refractivity contribution in [1.29, 1.82) is 0 Å². The first-order chi connectivity index (χ1) is 27.8. The van der Waals surface area contributed by atoms with Crippen molar-refractivity contribution in [3.05, 3.63) is 143 Å². The lowest BCUT2D eigenvalue weighted by Crippen LogP contribution is -2.33. The fraction of sp³-hybridized carbons (Fsp3) is 0.273. The Bertz CT molecular complexity index is 2070. The number of benzene rings is 4. The van der Waals surface area contributed by atoms with Crippen molar-refractivity contribution in [3.63, 3.8) is 0 Å². The Balaban J connectivity index is 0.000000221. The smallest absolute Gasteiger partial charge is 0.338 e. The molecule has 0 bridgehead atoms. The molecule has 0 aliphatic carbocycles. The molecule has 4 aromatic rings. The van der Waals surface area contributed by atoms with Gasteiger partial charge in [-0.3, -0.25) is 38.6 Å². The maximum Gasteiger partial charge on any atom is 0.338 e. The summed E-state index contributed by atoms with van der Waals surface area (Å²) in [5, 5.41) is 0. The van der Waals surface area contributed by atoms with E-state index in [1.165, 1.54) is 54.7 Å². The van der Waals surface area contributed by atoms with Crippen molar-refractivity contribution in [2.45, 2.75) is 23.7 Å². The summed E-state index contributed by atoms with van der Waals surface area (Å²) in [7, 11) is 7.66. The van der Waals surface area contributed by atoms with Gasteiger partial charge in [0.25, 0.3) is 0 Å². The fourth-order valence-corrected chi connectivity index (χ4v) is 7.68. The van der Waals surface area contributed by atoms with Gasteiger partial charge in [-0.2, -0.15) is 0 Å². The number of amides is 4. The minimum Gasteiger partial charge on any atom is -0.469 e. The summed E-state index contributed by atoms with van der Waals surface area (Å²) in [5.74, 6) is -10.7. The van der Waals surface area contributed by atoms with Gasteiger partial charge in [-0.25, -0.2) is 9.59 Å². The topological polar surface area (TPSA) is 180 Å². The van der Waals surface area contributed by atoms with E-state index in [4.69, 9.17) is 18.9 Å². The molecule has 4 aromatic carbocycles. The number of rotatable bonds is 10. The van der Waals surface area contributed by atoms with E-state index in [0.717, 1.165) is 9.80 Å². The van der Waals surface area contributed by atoms with Gasteiger partial charge in [-0.05, 0) is 34.4 Å². The number of hydrogen-bond donors (Lipinski definition) is 0. The molecule has 0 unspecified atom stereocenters. The van der Waals surface area contributed by atoms with Gasteiger partial charge in [0.1, 0.15) is 0 Å².